The number of aliphatic hydroxyl groups excluding tert-OH is 1. The number of amides is 1. The summed E-state index contributed by atoms with van der Waals surface area (Å²) in [4.78, 5) is 33.4. The average molecular weight is 592 g/mol. The van der Waals surface area contributed by atoms with Crippen LogP contribution in [0.15, 0.2) is 12.2 Å². The van der Waals surface area contributed by atoms with Crippen molar-refractivity contribution in [2.75, 3.05) is 26.4 Å². The fourth-order valence-corrected chi connectivity index (χ4v) is 4.76. The highest BCUT2D eigenvalue weighted by atomic mass is 31.2. The molecule has 236 valence electrons. The Labute approximate surface area is 243 Å². The fourth-order valence-electron chi connectivity index (χ4n) is 4.01. The smallest absolute Gasteiger partial charge is 0.463 e. The number of unbranched alkanes of at least 4 members (excludes halogenated alkanes) is 14. The minimum atomic E-state index is -4.39. The Morgan fingerprint density at radius 3 is 1.95 bits per heavy atom. The molecule has 2 unspecified atom stereocenters. The van der Waals surface area contributed by atoms with Crippen molar-refractivity contribution in [3.8, 4) is 0 Å². The maximum Gasteiger partial charge on any atom is 0.472 e. The number of carbonyl (C=O) groups is 2. The quantitative estimate of drug-likeness (QED) is 0.0362. The molecular weight excluding hydrogens is 533 g/mol. The van der Waals surface area contributed by atoms with Crippen LogP contribution in [-0.2, 0) is 27.9 Å². The van der Waals surface area contributed by atoms with Gasteiger partial charge in [-0.15, -0.1) is 0 Å². The van der Waals surface area contributed by atoms with Crippen LogP contribution >= 0.6 is 7.82 Å². The number of phosphoric ester groups is 1. The first kappa shape index (κ1) is 38.8. The number of hydrogen-bond acceptors (Lipinski definition) is 7. The lowest BCUT2D eigenvalue weighted by atomic mass is 10.1. The second-order valence-corrected chi connectivity index (χ2v) is 11.9. The summed E-state index contributed by atoms with van der Waals surface area (Å²) in [6, 6.07) is 0. The number of rotatable bonds is 29. The van der Waals surface area contributed by atoms with E-state index in [-0.39, 0.29) is 32.1 Å². The monoisotopic (exact) mass is 591 g/mol. The second kappa shape index (κ2) is 27.9. The predicted octanol–water partition coefficient (Wildman–Crippen LogP) is 7.15. The fraction of sp³-hybridized carbons (Fsp3) is 0.867. The van der Waals surface area contributed by atoms with Crippen LogP contribution in [0.5, 0.6) is 0 Å². The van der Waals surface area contributed by atoms with Crippen molar-refractivity contribution in [2.45, 2.75) is 142 Å². The zero-order chi connectivity index (χ0) is 29.7. The molecule has 0 saturated heterocycles. The summed E-state index contributed by atoms with van der Waals surface area (Å²) in [5.74, 6) is -0.532. The number of carbonyl (C=O) groups excluding carboxylic acids is 2. The van der Waals surface area contributed by atoms with Gasteiger partial charge in [-0.1, -0.05) is 103 Å². The normalized spacial score (nSPS) is 13.8. The third-order valence-electron chi connectivity index (χ3n) is 6.45. The Hall–Kier alpha value is -1.25. The van der Waals surface area contributed by atoms with Crippen molar-refractivity contribution >= 4 is 19.7 Å². The number of hydrogen-bond donors (Lipinski definition) is 3. The minimum Gasteiger partial charge on any atom is -0.463 e. The van der Waals surface area contributed by atoms with Crippen molar-refractivity contribution in [1.29, 1.82) is 0 Å². The Morgan fingerprint density at radius 1 is 0.750 bits per heavy atom. The van der Waals surface area contributed by atoms with Crippen LogP contribution in [0.3, 0.4) is 0 Å². The number of nitrogens with one attached hydrogen (secondary N) is 1. The third kappa shape index (κ3) is 28.3. The van der Waals surface area contributed by atoms with E-state index < -0.39 is 26.5 Å². The molecule has 0 aliphatic carbocycles. The first-order valence-electron chi connectivity index (χ1n) is 15.7. The van der Waals surface area contributed by atoms with Crippen LogP contribution in [0.25, 0.3) is 0 Å². The predicted molar refractivity (Wildman–Crippen MR) is 160 cm³/mol. The molecule has 0 aliphatic rings. The maximum atomic E-state index is 11.9. The molecule has 0 aromatic heterocycles. The largest absolute Gasteiger partial charge is 0.472 e. The van der Waals surface area contributed by atoms with Gasteiger partial charge in [-0.3, -0.25) is 18.6 Å². The number of aliphatic hydroxyl groups is 1. The molecule has 0 aliphatic heterocycles. The Bertz CT molecular complexity index is 689. The summed E-state index contributed by atoms with van der Waals surface area (Å²) < 4.78 is 26.5. The van der Waals surface area contributed by atoms with Gasteiger partial charge in [0.1, 0.15) is 12.7 Å². The van der Waals surface area contributed by atoms with Crippen molar-refractivity contribution in [3.63, 3.8) is 0 Å². The van der Waals surface area contributed by atoms with Gasteiger partial charge in [-0.2, -0.15) is 0 Å². The lowest BCUT2D eigenvalue weighted by Gasteiger charge is -2.15. The van der Waals surface area contributed by atoms with Crippen LogP contribution in [0.1, 0.15) is 136 Å². The first-order valence-corrected chi connectivity index (χ1v) is 17.2. The zero-order valence-electron chi connectivity index (χ0n) is 25.3. The van der Waals surface area contributed by atoms with E-state index in [0.717, 1.165) is 64.2 Å². The van der Waals surface area contributed by atoms with E-state index in [0.29, 0.717) is 6.42 Å². The number of allylic oxidation sites excluding steroid dienone is 2. The van der Waals surface area contributed by atoms with E-state index in [1.165, 1.54) is 44.9 Å². The summed E-state index contributed by atoms with van der Waals surface area (Å²) in [5, 5.41) is 12.5. The molecule has 0 saturated carbocycles. The molecule has 0 bridgehead atoms. The van der Waals surface area contributed by atoms with Gasteiger partial charge in [0, 0.05) is 19.4 Å². The molecule has 1 amide bonds. The molecule has 10 heteroatoms. The SMILES string of the molecule is CCCC/C=C\CCCCCCCC(=O)OCC(O)COP(=O)(O)OCCNC(=O)CCCCCCCCCC. The molecule has 40 heavy (non-hydrogen) atoms. The van der Waals surface area contributed by atoms with E-state index in [9.17, 15) is 24.2 Å². The van der Waals surface area contributed by atoms with E-state index in [1.54, 1.807) is 0 Å². The van der Waals surface area contributed by atoms with Crippen molar-refractivity contribution < 1.29 is 37.9 Å². The maximum absolute atomic E-state index is 11.9. The highest BCUT2D eigenvalue weighted by Crippen LogP contribution is 2.42. The lowest BCUT2D eigenvalue weighted by Crippen LogP contribution is -2.27. The number of ether oxygens (including phenoxy) is 1. The van der Waals surface area contributed by atoms with Gasteiger partial charge in [0.05, 0.1) is 13.2 Å². The topological polar surface area (TPSA) is 131 Å². The molecule has 0 heterocycles. The van der Waals surface area contributed by atoms with Gasteiger partial charge in [-0.05, 0) is 32.1 Å². The summed E-state index contributed by atoms with van der Waals surface area (Å²) in [6.45, 7) is 3.44. The average Bonchev–Trinajstić information content (AvgIpc) is 2.93. The Balaban J connectivity index is 3.68. The molecule has 0 aromatic rings. The molecule has 0 rings (SSSR count). The van der Waals surface area contributed by atoms with Crippen LogP contribution in [0.2, 0.25) is 0 Å². The second-order valence-electron chi connectivity index (χ2n) is 10.4. The van der Waals surface area contributed by atoms with Gasteiger partial charge < -0.3 is 20.1 Å². The molecule has 0 spiro atoms. The van der Waals surface area contributed by atoms with E-state index in [2.05, 4.69) is 31.3 Å². The van der Waals surface area contributed by atoms with Crippen molar-refractivity contribution in [3.05, 3.63) is 12.2 Å². The third-order valence-corrected chi connectivity index (χ3v) is 7.43. The highest BCUT2D eigenvalue weighted by molar-refractivity contribution is 7.47. The Kier molecular flexibility index (Phi) is 27.0. The molecule has 9 nitrogen and oxygen atoms in total. The molecule has 0 aromatic carbocycles. The van der Waals surface area contributed by atoms with E-state index >= 15 is 0 Å². The van der Waals surface area contributed by atoms with Crippen molar-refractivity contribution in [1.82, 2.24) is 5.32 Å². The number of phosphoric acid groups is 1. The van der Waals surface area contributed by atoms with E-state index in [4.69, 9.17) is 13.8 Å². The summed E-state index contributed by atoms with van der Waals surface area (Å²) >= 11 is 0. The first-order chi connectivity index (χ1) is 19.3. The van der Waals surface area contributed by atoms with Gasteiger partial charge >= 0.3 is 13.8 Å². The molecule has 0 fully saturated rings. The highest BCUT2D eigenvalue weighted by Gasteiger charge is 2.23. The van der Waals surface area contributed by atoms with Crippen LogP contribution in [-0.4, -0.2) is 54.3 Å². The van der Waals surface area contributed by atoms with Crippen LogP contribution in [0.4, 0.5) is 0 Å². The zero-order valence-corrected chi connectivity index (χ0v) is 26.2. The molecule has 3 N–H and O–H groups in total. The lowest BCUT2D eigenvalue weighted by molar-refractivity contribution is -0.147. The number of esters is 1. The summed E-state index contributed by atoms with van der Waals surface area (Å²) in [7, 11) is -4.39. The summed E-state index contributed by atoms with van der Waals surface area (Å²) in [5.41, 5.74) is 0. The van der Waals surface area contributed by atoms with Crippen LogP contribution < -0.4 is 5.32 Å². The molecule has 2 atom stereocenters. The molecule has 0 radical (unpaired) electrons. The molecular formula is C30H58NO8P. The van der Waals surface area contributed by atoms with Crippen molar-refractivity contribution in [2.24, 2.45) is 0 Å². The summed E-state index contributed by atoms with van der Waals surface area (Å²) in [6.07, 6.45) is 23.0. The minimum absolute atomic E-state index is 0.0834. The van der Waals surface area contributed by atoms with Gasteiger partial charge in [0.15, 0.2) is 0 Å². The van der Waals surface area contributed by atoms with Gasteiger partial charge in [0.25, 0.3) is 0 Å². The van der Waals surface area contributed by atoms with Gasteiger partial charge in [-0.25, -0.2) is 4.57 Å². The van der Waals surface area contributed by atoms with Gasteiger partial charge in [0.2, 0.25) is 5.91 Å². The standard InChI is InChI=1S/C30H58NO8P/c1-3-5-7-9-11-13-14-15-17-19-21-23-30(34)37-26-28(32)27-39-40(35,36)38-25-24-31-29(33)22-20-18-16-12-10-8-6-4-2/h9,11,28,32H,3-8,10,12-27H2,1-2H3,(H,31,33)(H,35,36)/b11-9-. The Morgan fingerprint density at radius 2 is 1.30 bits per heavy atom. The van der Waals surface area contributed by atoms with Crippen LogP contribution in [0, 0.1) is 0 Å². The van der Waals surface area contributed by atoms with E-state index in [1.807, 2.05) is 0 Å².